The maximum Gasteiger partial charge on any atom is 0.316 e. The summed E-state index contributed by atoms with van der Waals surface area (Å²) in [5.74, 6) is 0. The van der Waals surface area contributed by atoms with Crippen LogP contribution in [-0.4, -0.2) is 16.6 Å². The summed E-state index contributed by atoms with van der Waals surface area (Å²) in [5, 5.41) is 0. The first-order chi connectivity index (χ1) is 10.4. The van der Waals surface area contributed by atoms with Gasteiger partial charge in [0.1, 0.15) is 0 Å². The summed E-state index contributed by atoms with van der Waals surface area (Å²) < 4.78 is 5.58. The minimum absolute atomic E-state index is 0.528. The van der Waals surface area contributed by atoms with Crippen molar-refractivity contribution in [1.29, 1.82) is 0 Å². The number of aromatic nitrogens is 2. The van der Waals surface area contributed by atoms with Gasteiger partial charge in [-0.15, -0.1) is 0 Å². The molecule has 0 unspecified atom stereocenters. The number of aryl methyl sites for hydroxylation is 1. The maximum absolute atomic E-state index is 5.58. The smallest absolute Gasteiger partial charge is 0.316 e. The van der Waals surface area contributed by atoms with E-state index in [1.165, 1.54) is 63.4 Å². The number of rotatable bonds is 13. The molecule has 0 bridgehead atoms. The summed E-state index contributed by atoms with van der Waals surface area (Å²) in [7, 11) is 0. The van der Waals surface area contributed by atoms with Gasteiger partial charge in [-0.05, 0) is 24.8 Å². The first kappa shape index (κ1) is 17.9. The molecule has 0 N–H and O–H groups in total. The highest BCUT2D eigenvalue weighted by atomic mass is 16.5. The van der Waals surface area contributed by atoms with Crippen molar-refractivity contribution in [3.63, 3.8) is 0 Å². The van der Waals surface area contributed by atoms with Gasteiger partial charge in [0.05, 0.1) is 6.61 Å². The highest BCUT2D eigenvalue weighted by Gasteiger charge is 1.99. The molecule has 1 heterocycles. The van der Waals surface area contributed by atoms with Crippen LogP contribution in [0, 0.1) is 0 Å². The van der Waals surface area contributed by atoms with Crippen molar-refractivity contribution >= 4 is 0 Å². The highest BCUT2D eigenvalue weighted by molar-refractivity contribution is 5.07. The molecule has 0 aliphatic carbocycles. The molecule has 0 amide bonds. The molecule has 0 aliphatic heterocycles. The Morgan fingerprint density at radius 1 is 0.762 bits per heavy atom. The third-order valence-corrected chi connectivity index (χ3v) is 3.73. The zero-order valence-electron chi connectivity index (χ0n) is 13.9. The number of unbranched alkanes of at least 4 members (excludes halogenated alkanes) is 8. The van der Waals surface area contributed by atoms with Crippen LogP contribution in [0.2, 0.25) is 0 Å². The second kappa shape index (κ2) is 12.6. The Hall–Kier alpha value is -1.12. The van der Waals surface area contributed by atoms with Crippen LogP contribution in [0.1, 0.15) is 83.6 Å². The van der Waals surface area contributed by atoms with Crippen LogP contribution in [0.15, 0.2) is 12.4 Å². The van der Waals surface area contributed by atoms with Crippen molar-refractivity contribution in [2.45, 2.75) is 84.5 Å². The molecule has 0 atom stereocenters. The first-order valence-corrected chi connectivity index (χ1v) is 8.80. The average molecular weight is 292 g/mol. The van der Waals surface area contributed by atoms with E-state index in [1.54, 1.807) is 0 Å². The van der Waals surface area contributed by atoms with E-state index in [9.17, 15) is 0 Å². The Labute approximate surface area is 130 Å². The summed E-state index contributed by atoms with van der Waals surface area (Å²) in [6.45, 7) is 5.21. The maximum atomic E-state index is 5.58. The lowest BCUT2D eigenvalue weighted by molar-refractivity contribution is 0.281. The van der Waals surface area contributed by atoms with E-state index in [4.69, 9.17) is 4.74 Å². The fourth-order valence-electron chi connectivity index (χ4n) is 2.35. The number of ether oxygens (including phenoxy) is 1. The second-order valence-electron chi connectivity index (χ2n) is 5.80. The molecule has 120 valence electrons. The SMILES string of the molecule is CCCCCCCOc1ncc(CCCCCCC)cn1. The zero-order valence-corrected chi connectivity index (χ0v) is 13.9. The van der Waals surface area contributed by atoms with Crippen molar-refractivity contribution in [2.24, 2.45) is 0 Å². The predicted molar refractivity (Wildman–Crippen MR) is 88.7 cm³/mol. The third kappa shape index (κ3) is 9.43. The lowest BCUT2D eigenvalue weighted by atomic mass is 10.1. The molecule has 1 rings (SSSR count). The Kier molecular flexibility index (Phi) is 10.8. The highest BCUT2D eigenvalue weighted by Crippen LogP contribution is 2.10. The van der Waals surface area contributed by atoms with Crippen molar-refractivity contribution in [3.05, 3.63) is 18.0 Å². The van der Waals surface area contributed by atoms with Crippen LogP contribution in [0.3, 0.4) is 0 Å². The number of hydrogen-bond acceptors (Lipinski definition) is 3. The molecule has 1 aromatic rings. The van der Waals surface area contributed by atoms with E-state index in [1.807, 2.05) is 12.4 Å². The molecule has 0 fully saturated rings. The van der Waals surface area contributed by atoms with Gasteiger partial charge in [-0.2, -0.15) is 0 Å². The van der Waals surface area contributed by atoms with Crippen molar-refractivity contribution in [2.75, 3.05) is 6.61 Å². The quantitative estimate of drug-likeness (QED) is 0.460. The summed E-state index contributed by atoms with van der Waals surface area (Å²) in [6.07, 6.45) is 17.7. The molecule has 3 nitrogen and oxygen atoms in total. The van der Waals surface area contributed by atoms with Gasteiger partial charge in [0.25, 0.3) is 0 Å². The van der Waals surface area contributed by atoms with Gasteiger partial charge in [-0.1, -0.05) is 65.2 Å². The topological polar surface area (TPSA) is 35.0 Å². The Morgan fingerprint density at radius 2 is 1.33 bits per heavy atom. The zero-order chi connectivity index (χ0) is 15.2. The normalized spacial score (nSPS) is 10.8. The van der Waals surface area contributed by atoms with Crippen molar-refractivity contribution < 1.29 is 4.74 Å². The van der Waals surface area contributed by atoms with E-state index in [0.717, 1.165) is 19.4 Å². The van der Waals surface area contributed by atoms with Crippen LogP contribution in [-0.2, 0) is 6.42 Å². The predicted octanol–water partition coefficient (Wildman–Crippen LogP) is 5.34. The molecule has 21 heavy (non-hydrogen) atoms. The fraction of sp³-hybridized carbons (Fsp3) is 0.778. The standard InChI is InChI=1S/C18H32N2O/c1-3-5-7-9-11-13-17-15-19-18(20-16-17)21-14-12-10-8-6-4-2/h15-16H,3-14H2,1-2H3. The number of hydrogen-bond donors (Lipinski definition) is 0. The van der Waals surface area contributed by atoms with Crippen molar-refractivity contribution in [3.8, 4) is 6.01 Å². The third-order valence-electron chi connectivity index (χ3n) is 3.73. The number of nitrogens with zero attached hydrogens (tertiary/aromatic N) is 2. The largest absolute Gasteiger partial charge is 0.463 e. The van der Waals surface area contributed by atoms with Crippen LogP contribution < -0.4 is 4.74 Å². The Morgan fingerprint density at radius 3 is 1.95 bits per heavy atom. The van der Waals surface area contributed by atoms with Crippen LogP contribution in [0.5, 0.6) is 6.01 Å². The van der Waals surface area contributed by atoms with Gasteiger partial charge in [0.2, 0.25) is 0 Å². The second-order valence-corrected chi connectivity index (χ2v) is 5.80. The lowest BCUT2D eigenvalue weighted by Gasteiger charge is -2.05. The molecule has 0 aromatic carbocycles. The molecule has 0 saturated carbocycles. The average Bonchev–Trinajstić information content (AvgIpc) is 2.52. The fourth-order valence-corrected chi connectivity index (χ4v) is 2.35. The summed E-state index contributed by atoms with van der Waals surface area (Å²) in [5.41, 5.74) is 1.22. The Bertz CT molecular complexity index is 338. The molecule has 0 radical (unpaired) electrons. The van der Waals surface area contributed by atoms with Crippen LogP contribution in [0.4, 0.5) is 0 Å². The minimum atomic E-state index is 0.528. The minimum Gasteiger partial charge on any atom is -0.463 e. The Balaban J connectivity index is 2.09. The molecular formula is C18H32N2O. The van der Waals surface area contributed by atoms with Gasteiger partial charge < -0.3 is 4.74 Å². The monoisotopic (exact) mass is 292 g/mol. The van der Waals surface area contributed by atoms with E-state index in [2.05, 4.69) is 23.8 Å². The molecule has 0 saturated heterocycles. The van der Waals surface area contributed by atoms with E-state index in [0.29, 0.717) is 6.01 Å². The van der Waals surface area contributed by atoms with E-state index >= 15 is 0 Å². The molecule has 0 aliphatic rings. The van der Waals surface area contributed by atoms with Crippen LogP contribution in [0.25, 0.3) is 0 Å². The molecule has 3 heteroatoms. The van der Waals surface area contributed by atoms with E-state index < -0.39 is 0 Å². The van der Waals surface area contributed by atoms with E-state index in [-0.39, 0.29) is 0 Å². The van der Waals surface area contributed by atoms with Crippen LogP contribution >= 0.6 is 0 Å². The van der Waals surface area contributed by atoms with Gasteiger partial charge >= 0.3 is 6.01 Å². The van der Waals surface area contributed by atoms with Gasteiger partial charge in [-0.25, -0.2) is 9.97 Å². The van der Waals surface area contributed by atoms with Gasteiger partial charge in [0.15, 0.2) is 0 Å². The van der Waals surface area contributed by atoms with Gasteiger partial charge in [0, 0.05) is 12.4 Å². The lowest BCUT2D eigenvalue weighted by Crippen LogP contribution is -2.01. The summed E-state index contributed by atoms with van der Waals surface area (Å²) in [4.78, 5) is 8.59. The summed E-state index contributed by atoms with van der Waals surface area (Å²) in [6, 6.07) is 0.528. The first-order valence-electron chi connectivity index (χ1n) is 8.80. The molecular weight excluding hydrogens is 260 g/mol. The molecule has 1 aromatic heterocycles. The summed E-state index contributed by atoms with van der Waals surface area (Å²) >= 11 is 0. The van der Waals surface area contributed by atoms with Crippen molar-refractivity contribution in [1.82, 2.24) is 9.97 Å². The van der Waals surface area contributed by atoms with Gasteiger partial charge in [-0.3, -0.25) is 0 Å². The molecule has 0 spiro atoms.